The lowest BCUT2D eigenvalue weighted by Crippen LogP contribution is -2.11. The van der Waals surface area contributed by atoms with Gasteiger partial charge in [0.2, 0.25) is 0 Å². The number of nitriles is 1. The molecule has 74 valence electrons. The van der Waals surface area contributed by atoms with Gasteiger partial charge in [0.05, 0.1) is 19.1 Å². The van der Waals surface area contributed by atoms with Gasteiger partial charge in [-0.1, -0.05) is 6.07 Å². The maximum Gasteiger partial charge on any atom is 0.115 e. The van der Waals surface area contributed by atoms with Gasteiger partial charge >= 0.3 is 0 Å². The molecule has 0 saturated heterocycles. The number of aliphatic hydroxyl groups is 1. The number of aliphatic hydroxyl groups excluding tert-OH is 1. The van der Waals surface area contributed by atoms with E-state index in [2.05, 4.69) is 0 Å². The highest BCUT2D eigenvalue weighted by molar-refractivity contribution is 5.36. The Labute approximate surface area is 82.2 Å². The second kappa shape index (κ2) is 4.61. The van der Waals surface area contributed by atoms with Crippen molar-refractivity contribution in [3.05, 3.63) is 29.3 Å². The van der Waals surface area contributed by atoms with Gasteiger partial charge in [-0.2, -0.15) is 5.26 Å². The average molecular weight is 192 g/mol. The lowest BCUT2D eigenvalue weighted by Gasteiger charge is -2.12. The molecule has 4 N–H and O–H groups in total. The second-order valence-electron chi connectivity index (χ2n) is 3.01. The summed E-state index contributed by atoms with van der Waals surface area (Å²) in [5.41, 5.74) is 6.98. The van der Waals surface area contributed by atoms with Crippen molar-refractivity contribution < 1.29 is 10.2 Å². The molecule has 0 radical (unpaired) electrons. The SMILES string of the molecule is N#CCC(N)c1ccc(O)cc1CO. The van der Waals surface area contributed by atoms with Crippen LogP contribution in [-0.2, 0) is 6.61 Å². The van der Waals surface area contributed by atoms with Crippen molar-refractivity contribution in [2.24, 2.45) is 5.73 Å². The quantitative estimate of drug-likeness (QED) is 0.660. The van der Waals surface area contributed by atoms with Gasteiger partial charge in [0.1, 0.15) is 5.75 Å². The first-order valence-electron chi connectivity index (χ1n) is 4.24. The van der Waals surface area contributed by atoms with Crippen LogP contribution in [0.2, 0.25) is 0 Å². The molecule has 0 amide bonds. The topological polar surface area (TPSA) is 90.3 Å². The van der Waals surface area contributed by atoms with Gasteiger partial charge < -0.3 is 15.9 Å². The van der Waals surface area contributed by atoms with Crippen LogP contribution in [-0.4, -0.2) is 10.2 Å². The van der Waals surface area contributed by atoms with Gasteiger partial charge in [-0.25, -0.2) is 0 Å². The van der Waals surface area contributed by atoms with E-state index < -0.39 is 6.04 Å². The molecule has 1 rings (SSSR count). The molecule has 1 aromatic rings. The van der Waals surface area contributed by atoms with Crippen LogP contribution in [0.1, 0.15) is 23.6 Å². The van der Waals surface area contributed by atoms with Crippen LogP contribution in [0.3, 0.4) is 0 Å². The van der Waals surface area contributed by atoms with E-state index in [0.29, 0.717) is 11.1 Å². The number of hydrogen-bond acceptors (Lipinski definition) is 4. The van der Waals surface area contributed by atoms with Gasteiger partial charge in [0, 0.05) is 6.04 Å². The van der Waals surface area contributed by atoms with Crippen LogP contribution < -0.4 is 5.73 Å². The van der Waals surface area contributed by atoms with Crippen LogP contribution in [0.5, 0.6) is 5.75 Å². The van der Waals surface area contributed by atoms with Crippen LogP contribution in [0.15, 0.2) is 18.2 Å². The van der Waals surface area contributed by atoms with Crippen molar-refractivity contribution >= 4 is 0 Å². The second-order valence-corrected chi connectivity index (χ2v) is 3.01. The number of aromatic hydroxyl groups is 1. The minimum absolute atomic E-state index is 0.0851. The summed E-state index contributed by atoms with van der Waals surface area (Å²) in [6.07, 6.45) is 0.192. The van der Waals surface area contributed by atoms with Crippen LogP contribution in [0.25, 0.3) is 0 Å². The van der Waals surface area contributed by atoms with Crippen molar-refractivity contribution in [2.75, 3.05) is 0 Å². The predicted octanol–water partition coefficient (Wildman–Crippen LogP) is 0.798. The predicted molar refractivity (Wildman–Crippen MR) is 51.2 cm³/mol. The standard InChI is InChI=1S/C10H12N2O2/c11-4-3-10(12)9-2-1-8(14)5-7(9)6-13/h1-2,5,10,13-14H,3,6,12H2. The molecular formula is C10H12N2O2. The first-order chi connectivity index (χ1) is 6.69. The maximum absolute atomic E-state index is 9.16. The molecule has 0 aromatic heterocycles. The van der Waals surface area contributed by atoms with E-state index in [4.69, 9.17) is 21.2 Å². The van der Waals surface area contributed by atoms with Crippen molar-refractivity contribution in [3.8, 4) is 11.8 Å². The van der Waals surface area contributed by atoms with Crippen molar-refractivity contribution in [1.29, 1.82) is 5.26 Å². The third kappa shape index (κ3) is 2.22. The first kappa shape index (κ1) is 10.5. The molecule has 0 spiro atoms. The van der Waals surface area contributed by atoms with E-state index >= 15 is 0 Å². The van der Waals surface area contributed by atoms with Crippen molar-refractivity contribution in [1.82, 2.24) is 0 Å². The zero-order chi connectivity index (χ0) is 10.6. The number of phenols is 1. The Hall–Kier alpha value is -1.57. The van der Waals surface area contributed by atoms with Gasteiger partial charge in [-0.3, -0.25) is 0 Å². The number of nitrogens with two attached hydrogens (primary N) is 1. The van der Waals surface area contributed by atoms with E-state index in [-0.39, 0.29) is 18.8 Å². The van der Waals surface area contributed by atoms with Crippen molar-refractivity contribution in [2.45, 2.75) is 19.1 Å². The minimum Gasteiger partial charge on any atom is -0.508 e. The first-order valence-corrected chi connectivity index (χ1v) is 4.24. The lowest BCUT2D eigenvalue weighted by atomic mass is 9.99. The Balaban J connectivity index is 3.02. The number of phenolic OH excluding ortho intramolecular Hbond substituents is 1. The fourth-order valence-corrected chi connectivity index (χ4v) is 1.30. The van der Waals surface area contributed by atoms with E-state index in [1.807, 2.05) is 6.07 Å². The van der Waals surface area contributed by atoms with E-state index in [1.165, 1.54) is 12.1 Å². The smallest absolute Gasteiger partial charge is 0.115 e. The molecule has 1 aromatic carbocycles. The summed E-state index contributed by atoms with van der Waals surface area (Å²) in [6, 6.07) is 6.12. The number of hydrogen-bond donors (Lipinski definition) is 3. The van der Waals surface area contributed by atoms with E-state index in [0.717, 1.165) is 0 Å². The molecule has 0 heterocycles. The molecule has 0 aliphatic rings. The number of rotatable bonds is 3. The Morgan fingerprint density at radius 3 is 2.79 bits per heavy atom. The van der Waals surface area contributed by atoms with Crippen LogP contribution >= 0.6 is 0 Å². The zero-order valence-electron chi connectivity index (χ0n) is 7.64. The van der Waals surface area contributed by atoms with Crippen LogP contribution in [0.4, 0.5) is 0 Å². The molecule has 0 aliphatic carbocycles. The Morgan fingerprint density at radius 2 is 2.21 bits per heavy atom. The molecule has 0 bridgehead atoms. The third-order valence-corrected chi connectivity index (χ3v) is 2.01. The number of nitrogens with zero attached hydrogens (tertiary/aromatic N) is 1. The Morgan fingerprint density at radius 1 is 1.50 bits per heavy atom. The number of benzene rings is 1. The van der Waals surface area contributed by atoms with Gasteiger partial charge in [0.25, 0.3) is 0 Å². The average Bonchev–Trinajstić information content (AvgIpc) is 2.17. The highest BCUT2D eigenvalue weighted by atomic mass is 16.3. The monoisotopic (exact) mass is 192 g/mol. The molecule has 4 heteroatoms. The molecule has 0 aliphatic heterocycles. The van der Waals surface area contributed by atoms with E-state index in [9.17, 15) is 0 Å². The minimum atomic E-state index is -0.414. The molecule has 0 saturated carbocycles. The summed E-state index contributed by atoms with van der Waals surface area (Å²) < 4.78 is 0. The maximum atomic E-state index is 9.16. The van der Waals surface area contributed by atoms with E-state index in [1.54, 1.807) is 6.07 Å². The Kier molecular flexibility index (Phi) is 3.46. The lowest BCUT2D eigenvalue weighted by molar-refractivity contribution is 0.279. The third-order valence-electron chi connectivity index (χ3n) is 2.01. The fourth-order valence-electron chi connectivity index (χ4n) is 1.30. The molecule has 14 heavy (non-hydrogen) atoms. The highest BCUT2D eigenvalue weighted by Crippen LogP contribution is 2.22. The summed E-state index contributed by atoms with van der Waals surface area (Å²) in [7, 11) is 0. The van der Waals surface area contributed by atoms with Gasteiger partial charge in [-0.15, -0.1) is 0 Å². The van der Waals surface area contributed by atoms with Gasteiger partial charge in [0.15, 0.2) is 0 Å². The van der Waals surface area contributed by atoms with Gasteiger partial charge in [-0.05, 0) is 23.3 Å². The molecule has 4 nitrogen and oxygen atoms in total. The summed E-state index contributed by atoms with van der Waals surface area (Å²) in [5, 5.41) is 26.6. The van der Waals surface area contributed by atoms with Crippen LogP contribution in [0, 0.1) is 11.3 Å². The summed E-state index contributed by atoms with van der Waals surface area (Å²) in [4.78, 5) is 0. The Bertz CT molecular complexity index is 358. The fraction of sp³-hybridized carbons (Fsp3) is 0.300. The molecule has 1 unspecified atom stereocenters. The summed E-state index contributed by atoms with van der Waals surface area (Å²) >= 11 is 0. The molecule has 1 atom stereocenters. The zero-order valence-corrected chi connectivity index (χ0v) is 7.64. The summed E-state index contributed by atoms with van der Waals surface area (Å²) in [6.45, 7) is -0.192. The summed E-state index contributed by atoms with van der Waals surface area (Å²) in [5.74, 6) is 0.0851. The highest BCUT2D eigenvalue weighted by Gasteiger charge is 2.10. The normalized spacial score (nSPS) is 12.1. The largest absolute Gasteiger partial charge is 0.508 e. The molecular weight excluding hydrogens is 180 g/mol. The molecule has 0 fully saturated rings. The van der Waals surface area contributed by atoms with Crippen molar-refractivity contribution in [3.63, 3.8) is 0 Å².